The quantitative estimate of drug-likeness (QED) is 0.514. The second kappa shape index (κ2) is 2.45. The Bertz CT molecular complexity index is 216. The van der Waals surface area contributed by atoms with Crippen molar-refractivity contribution in [1.82, 2.24) is 0 Å². The Morgan fingerprint density at radius 1 is 1.20 bits per heavy atom. The second-order valence-electron chi connectivity index (χ2n) is 2.95. The zero-order valence-corrected chi connectivity index (χ0v) is 6.14. The molecule has 0 amide bonds. The van der Waals surface area contributed by atoms with E-state index in [1.54, 1.807) is 11.1 Å². The van der Waals surface area contributed by atoms with Gasteiger partial charge in [0.2, 0.25) is 0 Å². The molecule has 0 heterocycles. The first-order chi connectivity index (χ1) is 4.97. The molecule has 0 nitrogen and oxygen atoms in total. The highest BCUT2D eigenvalue weighted by Gasteiger charge is 2.09. The number of rotatable bonds is 1. The summed E-state index contributed by atoms with van der Waals surface area (Å²) in [6.07, 6.45) is 14.2. The number of allylic oxidation sites excluding steroid dienone is 6. The minimum absolute atomic E-state index is 1.17. The van der Waals surface area contributed by atoms with E-state index in [4.69, 9.17) is 0 Å². The summed E-state index contributed by atoms with van der Waals surface area (Å²) in [7, 11) is 0. The van der Waals surface area contributed by atoms with Crippen LogP contribution in [0.4, 0.5) is 0 Å². The van der Waals surface area contributed by atoms with Gasteiger partial charge in [0.15, 0.2) is 0 Å². The van der Waals surface area contributed by atoms with E-state index >= 15 is 0 Å². The van der Waals surface area contributed by atoms with Crippen molar-refractivity contribution in [2.45, 2.75) is 25.7 Å². The van der Waals surface area contributed by atoms with Crippen molar-refractivity contribution in [1.29, 1.82) is 0 Å². The van der Waals surface area contributed by atoms with Gasteiger partial charge in [0, 0.05) is 0 Å². The molecule has 0 unspecified atom stereocenters. The molecule has 2 rings (SSSR count). The lowest BCUT2D eigenvalue weighted by atomic mass is 10.1. The molecule has 2 aliphatic carbocycles. The van der Waals surface area contributed by atoms with E-state index in [1.165, 1.54) is 25.7 Å². The summed E-state index contributed by atoms with van der Waals surface area (Å²) in [5, 5.41) is 0. The Balaban J connectivity index is 2.12. The van der Waals surface area contributed by atoms with Gasteiger partial charge in [-0.3, -0.25) is 0 Å². The molecule has 0 bridgehead atoms. The van der Waals surface area contributed by atoms with Crippen LogP contribution in [-0.4, -0.2) is 0 Å². The smallest absolute Gasteiger partial charge is 0.00917 e. The molecule has 0 spiro atoms. The number of hydrogen-bond donors (Lipinski definition) is 0. The third-order valence-electron chi connectivity index (χ3n) is 2.22. The third kappa shape index (κ3) is 0.942. The van der Waals surface area contributed by atoms with E-state index in [9.17, 15) is 0 Å². The summed E-state index contributed by atoms with van der Waals surface area (Å²) < 4.78 is 0. The van der Waals surface area contributed by atoms with Gasteiger partial charge < -0.3 is 0 Å². The van der Waals surface area contributed by atoms with Crippen molar-refractivity contribution in [2.24, 2.45) is 0 Å². The average molecular weight is 132 g/mol. The molecule has 0 atom stereocenters. The van der Waals surface area contributed by atoms with Crippen LogP contribution in [0.15, 0.2) is 35.5 Å². The Kier molecular flexibility index (Phi) is 1.46. The van der Waals surface area contributed by atoms with Gasteiger partial charge in [0.25, 0.3) is 0 Å². The van der Waals surface area contributed by atoms with Gasteiger partial charge in [-0.15, -0.1) is 0 Å². The lowest BCUT2D eigenvalue weighted by molar-refractivity contribution is 0.906. The molecule has 0 N–H and O–H groups in total. The van der Waals surface area contributed by atoms with Crippen LogP contribution in [0.25, 0.3) is 0 Å². The summed E-state index contributed by atoms with van der Waals surface area (Å²) in [6, 6.07) is 0. The first-order valence-corrected chi connectivity index (χ1v) is 4.02. The van der Waals surface area contributed by atoms with E-state index in [0.717, 1.165) is 0 Å². The molecular weight excluding hydrogens is 120 g/mol. The molecule has 2 aliphatic rings. The van der Waals surface area contributed by atoms with Crippen LogP contribution in [0.1, 0.15) is 25.7 Å². The summed E-state index contributed by atoms with van der Waals surface area (Å²) in [5.41, 5.74) is 3.16. The SMILES string of the molecule is C1=CCC(C2=CCCC2)=C1. The summed E-state index contributed by atoms with van der Waals surface area (Å²) in [5.74, 6) is 0. The van der Waals surface area contributed by atoms with Gasteiger partial charge in [0.05, 0.1) is 0 Å². The molecular formula is C10H12. The van der Waals surface area contributed by atoms with Gasteiger partial charge in [-0.05, 0) is 36.8 Å². The first kappa shape index (κ1) is 5.96. The fourth-order valence-electron chi connectivity index (χ4n) is 1.65. The van der Waals surface area contributed by atoms with E-state index in [0.29, 0.717) is 0 Å². The van der Waals surface area contributed by atoms with E-state index in [2.05, 4.69) is 24.3 Å². The molecule has 0 heteroatoms. The Labute approximate surface area is 61.9 Å². The van der Waals surface area contributed by atoms with Crippen LogP contribution in [0, 0.1) is 0 Å². The monoisotopic (exact) mass is 132 g/mol. The minimum atomic E-state index is 1.17. The standard InChI is InChI=1S/C10H12/c1-2-6-9(5-1)10-7-3-4-8-10/h1-2,5,7H,3-4,6,8H2. The van der Waals surface area contributed by atoms with Crippen LogP contribution in [0.5, 0.6) is 0 Å². The van der Waals surface area contributed by atoms with Crippen LogP contribution >= 0.6 is 0 Å². The molecule has 0 aromatic rings. The van der Waals surface area contributed by atoms with Crippen LogP contribution in [-0.2, 0) is 0 Å². The Morgan fingerprint density at radius 3 is 2.80 bits per heavy atom. The van der Waals surface area contributed by atoms with Gasteiger partial charge in [-0.2, -0.15) is 0 Å². The molecule has 0 fully saturated rings. The van der Waals surface area contributed by atoms with Crippen molar-refractivity contribution in [3.63, 3.8) is 0 Å². The van der Waals surface area contributed by atoms with Crippen molar-refractivity contribution in [2.75, 3.05) is 0 Å². The maximum atomic E-state index is 2.39. The molecule has 52 valence electrons. The van der Waals surface area contributed by atoms with Crippen LogP contribution < -0.4 is 0 Å². The van der Waals surface area contributed by atoms with Crippen molar-refractivity contribution < 1.29 is 0 Å². The Morgan fingerprint density at radius 2 is 2.20 bits per heavy atom. The fourth-order valence-corrected chi connectivity index (χ4v) is 1.65. The van der Waals surface area contributed by atoms with Gasteiger partial charge in [0.1, 0.15) is 0 Å². The molecule has 0 aliphatic heterocycles. The first-order valence-electron chi connectivity index (χ1n) is 4.02. The lowest BCUT2D eigenvalue weighted by Crippen LogP contribution is -1.80. The average Bonchev–Trinajstić information content (AvgIpc) is 2.59. The summed E-state index contributed by atoms with van der Waals surface area (Å²) in [4.78, 5) is 0. The topological polar surface area (TPSA) is 0 Å². The fraction of sp³-hybridized carbons (Fsp3) is 0.400. The van der Waals surface area contributed by atoms with Gasteiger partial charge >= 0.3 is 0 Å². The highest BCUT2D eigenvalue weighted by Crippen LogP contribution is 2.28. The molecule has 10 heavy (non-hydrogen) atoms. The zero-order valence-electron chi connectivity index (χ0n) is 6.14. The zero-order chi connectivity index (χ0) is 6.81. The predicted molar refractivity (Wildman–Crippen MR) is 43.8 cm³/mol. The molecule has 0 radical (unpaired) electrons. The maximum absolute atomic E-state index is 2.39. The normalized spacial score (nSPS) is 23.2. The highest BCUT2D eigenvalue weighted by molar-refractivity contribution is 5.40. The van der Waals surface area contributed by atoms with E-state index in [-0.39, 0.29) is 0 Å². The second-order valence-corrected chi connectivity index (χ2v) is 2.95. The van der Waals surface area contributed by atoms with Crippen molar-refractivity contribution in [3.8, 4) is 0 Å². The highest BCUT2D eigenvalue weighted by atomic mass is 14.1. The van der Waals surface area contributed by atoms with Crippen molar-refractivity contribution >= 4 is 0 Å². The lowest BCUT2D eigenvalue weighted by Gasteiger charge is -1.99. The van der Waals surface area contributed by atoms with Crippen molar-refractivity contribution in [3.05, 3.63) is 35.5 Å². The maximum Gasteiger partial charge on any atom is -0.00917 e. The minimum Gasteiger partial charge on any atom is -0.0810 e. The molecule has 0 saturated carbocycles. The van der Waals surface area contributed by atoms with E-state index in [1.807, 2.05) is 0 Å². The van der Waals surface area contributed by atoms with Crippen LogP contribution in [0.3, 0.4) is 0 Å². The summed E-state index contributed by atoms with van der Waals surface area (Å²) >= 11 is 0. The molecule has 0 saturated heterocycles. The third-order valence-corrected chi connectivity index (χ3v) is 2.22. The molecule has 0 aromatic heterocycles. The van der Waals surface area contributed by atoms with E-state index < -0.39 is 0 Å². The Hall–Kier alpha value is -0.780. The summed E-state index contributed by atoms with van der Waals surface area (Å²) in [6.45, 7) is 0. The number of hydrogen-bond acceptors (Lipinski definition) is 0. The van der Waals surface area contributed by atoms with Gasteiger partial charge in [-0.25, -0.2) is 0 Å². The van der Waals surface area contributed by atoms with Gasteiger partial charge in [-0.1, -0.05) is 24.3 Å². The largest absolute Gasteiger partial charge is 0.0810 e. The predicted octanol–water partition coefficient (Wildman–Crippen LogP) is 2.98. The molecule has 0 aromatic carbocycles. The van der Waals surface area contributed by atoms with Crippen LogP contribution in [0.2, 0.25) is 0 Å².